The van der Waals surface area contributed by atoms with Crippen molar-refractivity contribution in [1.29, 1.82) is 0 Å². The number of rotatable bonds is 6. The summed E-state index contributed by atoms with van der Waals surface area (Å²) in [6.07, 6.45) is 1.45. The third kappa shape index (κ3) is 4.76. The van der Waals surface area contributed by atoms with Gasteiger partial charge >= 0.3 is 0 Å². The second-order valence-corrected chi connectivity index (χ2v) is 3.39. The molecule has 0 aliphatic heterocycles. The molecule has 0 bridgehead atoms. The number of halogens is 1. The van der Waals surface area contributed by atoms with Crippen molar-refractivity contribution in [2.24, 2.45) is 5.73 Å². The number of aliphatic hydroxyl groups is 1. The Balaban J connectivity index is 2.20. The zero-order chi connectivity index (χ0) is 11.1. The van der Waals surface area contributed by atoms with Crippen LogP contribution in [0.15, 0.2) is 24.3 Å². The second kappa shape index (κ2) is 6.37. The number of benzene rings is 1. The molecule has 1 atom stereocenters. The van der Waals surface area contributed by atoms with E-state index in [4.69, 9.17) is 15.6 Å². The highest BCUT2D eigenvalue weighted by atomic mass is 19.1. The van der Waals surface area contributed by atoms with E-state index in [1.54, 1.807) is 12.1 Å². The molecule has 15 heavy (non-hydrogen) atoms. The zero-order valence-electron chi connectivity index (χ0n) is 8.53. The summed E-state index contributed by atoms with van der Waals surface area (Å²) in [5.41, 5.74) is 5.51. The molecule has 0 spiro atoms. The molecule has 0 amide bonds. The van der Waals surface area contributed by atoms with Crippen molar-refractivity contribution in [3.05, 3.63) is 30.1 Å². The summed E-state index contributed by atoms with van der Waals surface area (Å²) in [5, 5.41) is 8.67. The lowest BCUT2D eigenvalue weighted by atomic mass is 10.2. The normalized spacial score (nSPS) is 12.5. The average molecular weight is 213 g/mol. The molecule has 0 aromatic heterocycles. The predicted molar refractivity (Wildman–Crippen MR) is 56.2 cm³/mol. The Morgan fingerprint density at radius 3 is 2.93 bits per heavy atom. The molecule has 4 heteroatoms. The fraction of sp³-hybridized carbons (Fsp3) is 0.455. The molecular weight excluding hydrogens is 197 g/mol. The Labute approximate surface area is 88.7 Å². The summed E-state index contributed by atoms with van der Waals surface area (Å²) < 4.78 is 18.0. The Morgan fingerprint density at radius 1 is 1.47 bits per heavy atom. The van der Waals surface area contributed by atoms with Gasteiger partial charge in [0.1, 0.15) is 11.6 Å². The molecule has 0 fully saturated rings. The standard InChI is InChI=1S/C11H16FNO2/c12-9-3-1-5-11(7-9)15-6-2-4-10(13)8-14/h1,3,5,7,10,14H,2,4,6,8,13H2. The van der Waals surface area contributed by atoms with Crippen LogP contribution in [0.5, 0.6) is 5.75 Å². The van der Waals surface area contributed by atoms with Gasteiger partial charge in [0.05, 0.1) is 13.2 Å². The molecule has 3 nitrogen and oxygen atoms in total. The van der Waals surface area contributed by atoms with Gasteiger partial charge in [0.25, 0.3) is 0 Å². The molecule has 0 aliphatic carbocycles. The van der Waals surface area contributed by atoms with E-state index in [9.17, 15) is 4.39 Å². The van der Waals surface area contributed by atoms with Crippen LogP contribution < -0.4 is 10.5 Å². The first-order valence-corrected chi connectivity index (χ1v) is 4.97. The molecule has 0 radical (unpaired) electrons. The number of aliphatic hydroxyl groups excluding tert-OH is 1. The molecule has 84 valence electrons. The Kier molecular flexibility index (Phi) is 5.07. The van der Waals surface area contributed by atoms with Crippen LogP contribution in [0.25, 0.3) is 0 Å². The summed E-state index contributed by atoms with van der Waals surface area (Å²) >= 11 is 0. The van der Waals surface area contributed by atoms with Crippen LogP contribution in [-0.2, 0) is 0 Å². The van der Waals surface area contributed by atoms with Gasteiger partial charge in [0.2, 0.25) is 0 Å². The minimum atomic E-state index is -0.306. The van der Waals surface area contributed by atoms with Crippen LogP contribution >= 0.6 is 0 Å². The number of hydrogen-bond donors (Lipinski definition) is 2. The lowest BCUT2D eigenvalue weighted by Gasteiger charge is -2.09. The van der Waals surface area contributed by atoms with E-state index in [2.05, 4.69) is 0 Å². The highest BCUT2D eigenvalue weighted by Gasteiger charge is 2.00. The summed E-state index contributed by atoms with van der Waals surface area (Å²) in [4.78, 5) is 0. The summed E-state index contributed by atoms with van der Waals surface area (Å²) in [5.74, 6) is 0.215. The number of hydrogen-bond acceptors (Lipinski definition) is 3. The van der Waals surface area contributed by atoms with E-state index in [0.717, 1.165) is 6.42 Å². The van der Waals surface area contributed by atoms with Gasteiger partial charge in [-0.05, 0) is 25.0 Å². The van der Waals surface area contributed by atoms with E-state index < -0.39 is 0 Å². The highest BCUT2D eigenvalue weighted by molar-refractivity contribution is 5.22. The first-order valence-electron chi connectivity index (χ1n) is 4.97. The van der Waals surface area contributed by atoms with Gasteiger partial charge in [-0.2, -0.15) is 0 Å². The molecule has 0 heterocycles. The minimum absolute atomic E-state index is 0.0139. The lowest BCUT2D eigenvalue weighted by Crippen LogP contribution is -2.24. The van der Waals surface area contributed by atoms with Gasteiger partial charge in [-0.25, -0.2) is 4.39 Å². The largest absolute Gasteiger partial charge is 0.493 e. The quantitative estimate of drug-likeness (QED) is 0.700. The van der Waals surface area contributed by atoms with E-state index in [-0.39, 0.29) is 18.5 Å². The van der Waals surface area contributed by atoms with Crippen molar-refractivity contribution >= 4 is 0 Å². The molecule has 3 N–H and O–H groups in total. The third-order valence-corrected chi connectivity index (χ3v) is 2.02. The molecular formula is C11H16FNO2. The molecule has 0 saturated carbocycles. The third-order valence-electron chi connectivity index (χ3n) is 2.02. The Morgan fingerprint density at radius 2 is 2.27 bits per heavy atom. The highest BCUT2D eigenvalue weighted by Crippen LogP contribution is 2.12. The van der Waals surface area contributed by atoms with Crippen molar-refractivity contribution in [3.8, 4) is 5.75 Å². The molecule has 0 aliphatic rings. The van der Waals surface area contributed by atoms with Gasteiger partial charge in [0.15, 0.2) is 0 Å². The summed E-state index contributed by atoms with van der Waals surface area (Å²) in [6.45, 7) is 0.469. The van der Waals surface area contributed by atoms with Crippen LogP contribution in [0, 0.1) is 5.82 Å². The van der Waals surface area contributed by atoms with Crippen molar-refractivity contribution in [3.63, 3.8) is 0 Å². The summed E-state index contributed by atoms with van der Waals surface area (Å²) in [6, 6.07) is 5.82. The molecule has 1 aromatic rings. The van der Waals surface area contributed by atoms with E-state index in [1.807, 2.05) is 0 Å². The van der Waals surface area contributed by atoms with Crippen LogP contribution in [0.3, 0.4) is 0 Å². The fourth-order valence-electron chi connectivity index (χ4n) is 1.18. The maximum Gasteiger partial charge on any atom is 0.126 e. The van der Waals surface area contributed by atoms with E-state index in [0.29, 0.717) is 18.8 Å². The van der Waals surface area contributed by atoms with Crippen LogP contribution in [-0.4, -0.2) is 24.4 Å². The van der Waals surface area contributed by atoms with Crippen molar-refractivity contribution < 1.29 is 14.2 Å². The maximum atomic E-state index is 12.7. The Bertz CT molecular complexity index is 294. The van der Waals surface area contributed by atoms with Gasteiger partial charge in [0, 0.05) is 12.1 Å². The van der Waals surface area contributed by atoms with E-state index in [1.165, 1.54) is 12.1 Å². The SMILES string of the molecule is NC(CO)CCCOc1cccc(F)c1. The maximum absolute atomic E-state index is 12.7. The fourth-order valence-corrected chi connectivity index (χ4v) is 1.18. The first-order chi connectivity index (χ1) is 7.22. The minimum Gasteiger partial charge on any atom is -0.493 e. The topological polar surface area (TPSA) is 55.5 Å². The molecule has 1 rings (SSSR count). The number of ether oxygens (including phenoxy) is 1. The lowest BCUT2D eigenvalue weighted by molar-refractivity contribution is 0.244. The van der Waals surface area contributed by atoms with Crippen molar-refractivity contribution in [2.45, 2.75) is 18.9 Å². The number of nitrogens with two attached hydrogens (primary N) is 1. The van der Waals surface area contributed by atoms with Gasteiger partial charge in [-0.15, -0.1) is 0 Å². The van der Waals surface area contributed by atoms with Crippen molar-refractivity contribution in [1.82, 2.24) is 0 Å². The zero-order valence-corrected chi connectivity index (χ0v) is 8.53. The Hall–Kier alpha value is -1.13. The smallest absolute Gasteiger partial charge is 0.126 e. The molecule has 0 saturated heterocycles. The van der Waals surface area contributed by atoms with Gasteiger partial charge in [-0.3, -0.25) is 0 Å². The van der Waals surface area contributed by atoms with Crippen molar-refractivity contribution in [2.75, 3.05) is 13.2 Å². The predicted octanol–water partition coefficient (Wildman–Crippen LogP) is 1.30. The van der Waals surface area contributed by atoms with Crippen LogP contribution in [0.4, 0.5) is 4.39 Å². The van der Waals surface area contributed by atoms with Crippen LogP contribution in [0.2, 0.25) is 0 Å². The summed E-state index contributed by atoms with van der Waals surface area (Å²) in [7, 11) is 0. The monoisotopic (exact) mass is 213 g/mol. The second-order valence-electron chi connectivity index (χ2n) is 3.39. The average Bonchev–Trinajstić information content (AvgIpc) is 2.24. The molecule has 1 unspecified atom stereocenters. The van der Waals surface area contributed by atoms with E-state index >= 15 is 0 Å². The van der Waals surface area contributed by atoms with Crippen LogP contribution in [0.1, 0.15) is 12.8 Å². The van der Waals surface area contributed by atoms with Gasteiger partial charge in [-0.1, -0.05) is 6.07 Å². The molecule has 1 aromatic carbocycles. The first kappa shape index (κ1) is 11.9. The van der Waals surface area contributed by atoms with Gasteiger partial charge < -0.3 is 15.6 Å².